The van der Waals surface area contributed by atoms with Crippen molar-refractivity contribution in [2.45, 2.75) is 6.54 Å². The molecule has 0 saturated heterocycles. The Balaban J connectivity index is 1.63. The molecule has 0 bridgehead atoms. The van der Waals surface area contributed by atoms with Crippen molar-refractivity contribution in [3.63, 3.8) is 0 Å². The Kier molecular flexibility index (Phi) is 3.51. The molecule has 6 nitrogen and oxygen atoms in total. The second-order valence-electron chi connectivity index (χ2n) is 4.02. The molecule has 3 aromatic rings. The molecule has 1 N–H and O–H groups in total. The highest BCUT2D eigenvalue weighted by Crippen LogP contribution is 2.09. The van der Waals surface area contributed by atoms with E-state index in [2.05, 4.69) is 20.4 Å². The Morgan fingerprint density at radius 2 is 2.30 bits per heavy atom. The number of rotatable bonds is 4. The highest BCUT2D eigenvalue weighted by atomic mass is 32.1. The summed E-state index contributed by atoms with van der Waals surface area (Å²) < 4.78 is 1.58. The summed E-state index contributed by atoms with van der Waals surface area (Å²) in [4.78, 5) is 20.6. The zero-order chi connectivity index (χ0) is 13.8. The third-order valence-corrected chi connectivity index (χ3v) is 3.53. The lowest BCUT2D eigenvalue weighted by Crippen LogP contribution is -2.21. The lowest BCUT2D eigenvalue weighted by atomic mass is 10.3. The monoisotopic (exact) mass is 285 g/mol. The summed E-state index contributed by atoms with van der Waals surface area (Å²) in [5.41, 5.74) is 0.929. The second-order valence-corrected chi connectivity index (χ2v) is 4.97. The summed E-state index contributed by atoms with van der Waals surface area (Å²) in [7, 11) is 0. The van der Waals surface area contributed by atoms with Crippen LogP contribution in [0.5, 0.6) is 0 Å². The molecule has 0 aliphatic rings. The van der Waals surface area contributed by atoms with Crippen molar-refractivity contribution in [1.29, 1.82) is 0 Å². The van der Waals surface area contributed by atoms with Gasteiger partial charge < -0.3 is 5.32 Å². The molecule has 1 amide bonds. The van der Waals surface area contributed by atoms with E-state index in [-0.39, 0.29) is 5.91 Å². The van der Waals surface area contributed by atoms with E-state index in [1.165, 1.54) is 17.7 Å². The predicted molar refractivity (Wildman–Crippen MR) is 74.6 cm³/mol. The number of aromatic nitrogens is 4. The third-order valence-electron chi connectivity index (χ3n) is 2.66. The molecule has 0 atom stereocenters. The molecule has 0 aromatic carbocycles. The standard InChI is InChI=1S/C13H11N5OS/c19-13(11-2-1-5-20-11)16-7-10-3-4-12(15-6-10)18-9-14-8-17-18/h1-6,8-9H,7H2,(H,16,19). The average molecular weight is 285 g/mol. The maximum Gasteiger partial charge on any atom is 0.261 e. The van der Waals surface area contributed by atoms with Crippen LogP contribution in [0.3, 0.4) is 0 Å². The molecule has 3 aromatic heterocycles. The minimum atomic E-state index is -0.0691. The molecule has 0 aliphatic carbocycles. The maximum atomic E-state index is 11.8. The molecule has 0 aliphatic heterocycles. The summed E-state index contributed by atoms with van der Waals surface area (Å²) in [6, 6.07) is 7.39. The Labute approximate surface area is 119 Å². The van der Waals surface area contributed by atoms with Gasteiger partial charge in [0.2, 0.25) is 0 Å². The van der Waals surface area contributed by atoms with Gasteiger partial charge >= 0.3 is 0 Å². The normalized spacial score (nSPS) is 10.4. The first-order valence-electron chi connectivity index (χ1n) is 5.94. The Bertz CT molecular complexity index is 676. The van der Waals surface area contributed by atoms with Gasteiger partial charge in [-0.05, 0) is 23.1 Å². The second kappa shape index (κ2) is 5.62. The predicted octanol–water partition coefficient (Wildman–Crippen LogP) is 1.65. The number of hydrogen-bond acceptors (Lipinski definition) is 5. The fraction of sp³-hybridized carbons (Fsp3) is 0.0769. The first-order chi connectivity index (χ1) is 9.83. The molecule has 0 radical (unpaired) electrons. The van der Waals surface area contributed by atoms with Gasteiger partial charge in [-0.3, -0.25) is 4.79 Å². The third kappa shape index (κ3) is 2.72. The van der Waals surface area contributed by atoms with Gasteiger partial charge in [0.25, 0.3) is 5.91 Å². The smallest absolute Gasteiger partial charge is 0.261 e. The van der Waals surface area contributed by atoms with Crippen molar-refractivity contribution in [2.75, 3.05) is 0 Å². The quantitative estimate of drug-likeness (QED) is 0.791. The van der Waals surface area contributed by atoms with Crippen LogP contribution in [-0.2, 0) is 6.54 Å². The number of hydrogen-bond donors (Lipinski definition) is 1. The van der Waals surface area contributed by atoms with Crippen LogP contribution in [0.4, 0.5) is 0 Å². The van der Waals surface area contributed by atoms with E-state index in [1.807, 2.05) is 23.6 Å². The zero-order valence-electron chi connectivity index (χ0n) is 10.4. The Morgan fingerprint density at radius 1 is 1.35 bits per heavy atom. The molecular formula is C13H11N5OS. The topological polar surface area (TPSA) is 72.7 Å². The lowest BCUT2D eigenvalue weighted by molar-refractivity contribution is 0.0955. The molecule has 0 saturated carbocycles. The van der Waals surface area contributed by atoms with Crippen molar-refractivity contribution >= 4 is 17.2 Å². The van der Waals surface area contributed by atoms with E-state index in [9.17, 15) is 4.79 Å². The van der Waals surface area contributed by atoms with Crippen molar-refractivity contribution in [1.82, 2.24) is 25.1 Å². The van der Waals surface area contributed by atoms with Gasteiger partial charge in [-0.2, -0.15) is 5.10 Å². The molecule has 7 heteroatoms. The minimum Gasteiger partial charge on any atom is -0.347 e. The van der Waals surface area contributed by atoms with Crippen LogP contribution in [0.15, 0.2) is 48.5 Å². The molecule has 3 heterocycles. The SMILES string of the molecule is O=C(NCc1ccc(-n2cncn2)nc1)c1cccs1. The van der Waals surface area contributed by atoms with Gasteiger partial charge in [0.1, 0.15) is 12.7 Å². The van der Waals surface area contributed by atoms with Gasteiger partial charge in [-0.25, -0.2) is 14.6 Å². The summed E-state index contributed by atoms with van der Waals surface area (Å²) in [5.74, 6) is 0.621. The van der Waals surface area contributed by atoms with Crippen molar-refractivity contribution in [3.8, 4) is 5.82 Å². The van der Waals surface area contributed by atoms with Crippen LogP contribution >= 0.6 is 11.3 Å². The molecular weight excluding hydrogens is 274 g/mol. The first kappa shape index (κ1) is 12.5. The van der Waals surface area contributed by atoms with Crippen LogP contribution in [-0.4, -0.2) is 25.7 Å². The minimum absolute atomic E-state index is 0.0691. The number of nitrogens with zero attached hydrogens (tertiary/aromatic N) is 4. The van der Waals surface area contributed by atoms with Crippen molar-refractivity contribution in [3.05, 3.63) is 58.9 Å². The van der Waals surface area contributed by atoms with E-state index >= 15 is 0 Å². The fourth-order valence-corrected chi connectivity index (χ4v) is 2.30. The largest absolute Gasteiger partial charge is 0.347 e. The molecule has 20 heavy (non-hydrogen) atoms. The number of thiophene rings is 1. The fourth-order valence-electron chi connectivity index (χ4n) is 1.66. The first-order valence-corrected chi connectivity index (χ1v) is 6.82. The van der Waals surface area contributed by atoms with E-state index in [1.54, 1.807) is 23.3 Å². The molecule has 3 rings (SSSR count). The van der Waals surface area contributed by atoms with E-state index in [0.717, 1.165) is 5.56 Å². The van der Waals surface area contributed by atoms with E-state index < -0.39 is 0 Å². The summed E-state index contributed by atoms with van der Waals surface area (Å²) in [5, 5.41) is 8.73. The molecule has 0 spiro atoms. The Morgan fingerprint density at radius 3 is 2.95 bits per heavy atom. The Hall–Kier alpha value is -2.54. The van der Waals surface area contributed by atoms with Gasteiger partial charge in [0, 0.05) is 12.7 Å². The summed E-state index contributed by atoms with van der Waals surface area (Å²) in [6.07, 6.45) is 4.75. The zero-order valence-corrected chi connectivity index (χ0v) is 11.2. The number of carbonyl (C=O) groups is 1. The van der Waals surface area contributed by atoms with Crippen LogP contribution < -0.4 is 5.32 Å². The van der Waals surface area contributed by atoms with E-state index in [0.29, 0.717) is 17.2 Å². The van der Waals surface area contributed by atoms with Crippen LogP contribution in [0.2, 0.25) is 0 Å². The number of nitrogens with one attached hydrogen (secondary N) is 1. The van der Waals surface area contributed by atoms with Gasteiger partial charge in [0.05, 0.1) is 4.88 Å². The lowest BCUT2D eigenvalue weighted by Gasteiger charge is -2.04. The van der Waals surface area contributed by atoms with Gasteiger partial charge in [-0.1, -0.05) is 12.1 Å². The van der Waals surface area contributed by atoms with Crippen molar-refractivity contribution in [2.24, 2.45) is 0 Å². The van der Waals surface area contributed by atoms with Gasteiger partial charge in [0.15, 0.2) is 5.82 Å². The van der Waals surface area contributed by atoms with Crippen LogP contribution in [0.25, 0.3) is 5.82 Å². The van der Waals surface area contributed by atoms with Gasteiger partial charge in [-0.15, -0.1) is 11.3 Å². The summed E-state index contributed by atoms with van der Waals surface area (Å²) >= 11 is 1.42. The van der Waals surface area contributed by atoms with Crippen LogP contribution in [0, 0.1) is 0 Å². The highest BCUT2D eigenvalue weighted by Gasteiger charge is 2.06. The average Bonchev–Trinajstić information content (AvgIpc) is 3.18. The number of pyridine rings is 1. The molecule has 100 valence electrons. The van der Waals surface area contributed by atoms with E-state index in [4.69, 9.17) is 0 Å². The highest BCUT2D eigenvalue weighted by molar-refractivity contribution is 7.12. The van der Waals surface area contributed by atoms with Crippen molar-refractivity contribution < 1.29 is 4.79 Å². The van der Waals surface area contributed by atoms with Crippen LogP contribution in [0.1, 0.15) is 15.2 Å². The summed E-state index contributed by atoms with van der Waals surface area (Å²) in [6.45, 7) is 0.446. The number of amides is 1. The molecule has 0 unspecified atom stereocenters. The molecule has 0 fully saturated rings. The number of carbonyl (C=O) groups excluding carboxylic acids is 1. The maximum absolute atomic E-state index is 11.8.